The van der Waals surface area contributed by atoms with Crippen LogP contribution in [0, 0.1) is 0 Å². The molecule has 0 saturated heterocycles. The molecule has 11 heteroatoms. The molecule has 0 radical (unpaired) electrons. The average molecular weight is 481 g/mol. The number of carbonyl (C=O) groups is 4. The van der Waals surface area contributed by atoms with Crippen molar-refractivity contribution in [2.75, 3.05) is 38.7 Å². The van der Waals surface area contributed by atoms with Gasteiger partial charge in [0.05, 0.1) is 20.3 Å². The SMILES string of the molecule is CCOC(=O)c1c(-c2ccc(OC)cc2)csc1NC(=O)CN(CC)CC.O=C(O)C(=O)O. The smallest absolute Gasteiger partial charge is 0.414 e. The van der Waals surface area contributed by atoms with E-state index in [1.54, 1.807) is 14.0 Å². The van der Waals surface area contributed by atoms with Crippen molar-refractivity contribution in [3.05, 3.63) is 35.2 Å². The van der Waals surface area contributed by atoms with Gasteiger partial charge in [-0.2, -0.15) is 0 Å². The molecule has 10 nitrogen and oxygen atoms in total. The zero-order valence-electron chi connectivity index (χ0n) is 18.9. The minimum absolute atomic E-state index is 0.146. The number of ether oxygens (including phenoxy) is 2. The molecular weight excluding hydrogens is 452 g/mol. The zero-order chi connectivity index (χ0) is 25.0. The first-order chi connectivity index (χ1) is 15.7. The summed E-state index contributed by atoms with van der Waals surface area (Å²) in [6.07, 6.45) is 0. The second kappa shape index (κ2) is 13.9. The summed E-state index contributed by atoms with van der Waals surface area (Å²) in [5, 5.41) is 20.0. The fourth-order valence-corrected chi connectivity index (χ4v) is 3.63. The molecule has 2 rings (SSSR count). The van der Waals surface area contributed by atoms with Crippen LogP contribution in [0.5, 0.6) is 5.75 Å². The van der Waals surface area contributed by atoms with Crippen molar-refractivity contribution < 1.29 is 38.9 Å². The number of nitrogens with one attached hydrogen (secondary N) is 1. The van der Waals surface area contributed by atoms with Crippen LogP contribution >= 0.6 is 11.3 Å². The van der Waals surface area contributed by atoms with Crippen LogP contribution in [0.25, 0.3) is 11.1 Å². The monoisotopic (exact) mass is 480 g/mol. The van der Waals surface area contributed by atoms with Gasteiger partial charge in [0.25, 0.3) is 0 Å². The van der Waals surface area contributed by atoms with E-state index < -0.39 is 17.9 Å². The number of likely N-dealkylation sites (N-methyl/N-ethyl adjacent to an activating group) is 1. The van der Waals surface area contributed by atoms with Crippen LogP contribution < -0.4 is 10.1 Å². The second-order valence-corrected chi connectivity index (χ2v) is 7.30. The Morgan fingerprint density at radius 2 is 1.58 bits per heavy atom. The van der Waals surface area contributed by atoms with Crippen LogP contribution in [0.3, 0.4) is 0 Å². The number of amides is 1. The van der Waals surface area contributed by atoms with E-state index in [-0.39, 0.29) is 19.1 Å². The first-order valence-electron chi connectivity index (χ1n) is 10.1. The molecule has 180 valence electrons. The third-order valence-corrected chi connectivity index (χ3v) is 5.26. The van der Waals surface area contributed by atoms with Gasteiger partial charge in [0.15, 0.2) is 0 Å². The summed E-state index contributed by atoms with van der Waals surface area (Å²) in [6.45, 7) is 7.90. The van der Waals surface area contributed by atoms with Crippen molar-refractivity contribution in [1.82, 2.24) is 4.90 Å². The van der Waals surface area contributed by atoms with Gasteiger partial charge in [-0.15, -0.1) is 11.3 Å². The molecule has 0 saturated carbocycles. The molecule has 0 fully saturated rings. The van der Waals surface area contributed by atoms with Crippen LogP contribution in [-0.2, 0) is 19.1 Å². The van der Waals surface area contributed by atoms with Gasteiger partial charge in [0.1, 0.15) is 16.3 Å². The van der Waals surface area contributed by atoms with E-state index in [2.05, 4.69) is 5.32 Å². The number of anilines is 1. The van der Waals surface area contributed by atoms with Crippen LogP contribution in [0.4, 0.5) is 5.00 Å². The summed E-state index contributed by atoms with van der Waals surface area (Å²) in [4.78, 5) is 45.2. The van der Waals surface area contributed by atoms with Gasteiger partial charge in [0.2, 0.25) is 5.91 Å². The highest BCUT2D eigenvalue weighted by molar-refractivity contribution is 7.15. The molecule has 1 amide bonds. The van der Waals surface area contributed by atoms with E-state index >= 15 is 0 Å². The topological polar surface area (TPSA) is 142 Å². The number of methoxy groups -OCH3 is 1. The molecule has 0 atom stereocenters. The van der Waals surface area contributed by atoms with E-state index in [4.69, 9.17) is 29.3 Å². The molecule has 0 spiro atoms. The van der Waals surface area contributed by atoms with Crippen molar-refractivity contribution in [1.29, 1.82) is 0 Å². The minimum Gasteiger partial charge on any atom is -0.497 e. The number of aliphatic carboxylic acids is 2. The number of nitrogens with zero attached hydrogens (tertiary/aromatic N) is 1. The number of thiophene rings is 1. The molecule has 0 aliphatic carbocycles. The summed E-state index contributed by atoms with van der Waals surface area (Å²) in [6, 6.07) is 7.43. The van der Waals surface area contributed by atoms with Gasteiger partial charge >= 0.3 is 17.9 Å². The van der Waals surface area contributed by atoms with Crippen LogP contribution in [0.2, 0.25) is 0 Å². The predicted octanol–water partition coefficient (Wildman–Crippen LogP) is 3.04. The third kappa shape index (κ3) is 8.54. The number of carboxylic acids is 2. The van der Waals surface area contributed by atoms with Gasteiger partial charge in [0, 0.05) is 10.9 Å². The lowest BCUT2D eigenvalue weighted by atomic mass is 10.0. The molecule has 0 aliphatic heterocycles. The summed E-state index contributed by atoms with van der Waals surface area (Å²) < 4.78 is 10.4. The van der Waals surface area contributed by atoms with Gasteiger partial charge in [-0.05, 0) is 37.7 Å². The minimum atomic E-state index is -1.82. The predicted molar refractivity (Wildman–Crippen MR) is 124 cm³/mol. The molecule has 33 heavy (non-hydrogen) atoms. The number of carboxylic acid groups (broad SMARTS) is 2. The first-order valence-corrected chi connectivity index (χ1v) is 11.0. The highest BCUT2D eigenvalue weighted by Gasteiger charge is 2.23. The fraction of sp³-hybridized carbons (Fsp3) is 0.364. The van der Waals surface area contributed by atoms with E-state index in [9.17, 15) is 9.59 Å². The Kier molecular flexibility index (Phi) is 11.6. The highest BCUT2D eigenvalue weighted by Crippen LogP contribution is 2.36. The zero-order valence-corrected chi connectivity index (χ0v) is 19.7. The number of hydrogen-bond acceptors (Lipinski definition) is 8. The Morgan fingerprint density at radius 1 is 1.00 bits per heavy atom. The Morgan fingerprint density at radius 3 is 2.03 bits per heavy atom. The maximum atomic E-state index is 12.6. The summed E-state index contributed by atoms with van der Waals surface area (Å²) in [7, 11) is 1.60. The van der Waals surface area contributed by atoms with Gasteiger partial charge in [-0.1, -0.05) is 26.0 Å². The Bertz CT molecular complexity index is 940. The standard InChI is InChI=1S/C20H26N2O4S.C2H2O4/c1-5-22(6-2)12-17(23)21-19-18(20(24)26-7-3)16(13-27-19)14-8-10-15(25-4)11-9-14;3-1(4)2(5)6/h8-11,13H,5-7,12H2,1-4H3,(H,21,23);(H,3,4)(H,5,6). The van der Waals surface area contributed by atoms with E-state index in [1.165, 1.54) is 11.3 Å². The van der Waals surface area contributed by atoms with Crippen LogP contribution in [-0.4, -0.2) is 72.3 Å². The quantitative estimate of drug-likeness (QED) is 0.364. The molecule has 0 unspecified atom stereocenters. The summed E-state index contributed by atoms with van der Waals surface area (Å²) >= 11 is 1.32. The number of carbonyl (C=O) groups excluding carboxylic acids is 2. The Labute approximate surface area is 195 Å². The summed E-state index contributed by atoms with van der Waals surface area (Å²) in [5.74, 6) is -3.50. The van der Waals surface area contributed by atoms with Crippen molar-refractivity contribution in [3.63, 3.8) is 0 Å². The molecule has 0 bridgehead atoms. The number of rotatable bonds is 9. The molecule has 2 aromatic rings. The normalized spacial score (nSPS) is 10.1. The Balaban J connectivity index is 0.000000801. The number of benzene rings is 1. The lowest BCUT2D eigenvalue weighted by Gasteiger charge is -2.17. The summed E-state index contributed by atoms with van der Waals surface area (Å²) in [5.41, 5.74) is 1.98. The van der Waals surface area contributed by atoms with Crippen LogP contribution in [0.15, 0.2) is 29.6 Å². The van der Waals surface area contributed by atoms with E-state index in [0.29, 0.717) is 10.6 Å². The lowest BCUT2D eigenvalue weighted by Crippen LogP contribution is -2.33. The third-order valence-electron chi connectivity index (χ3n) is 4.37. The number of hydrogen-bond donors (Lipinski definition) is 3. The lowest BCUT2D eigenvalue weighted by molar-refractivity contribution is -0.159. The first kappa shape index (κ1) is 27.6. The Hall–Kier alpha value is -3.44. The van der Waals surface area contributed by atoms with Crippen LogP contribution in [0.1, 0.15) is 31.1 Å². The van der Waals surface area contributed by atoms with Crippen molar-refractivity contribution in [2.24, 2.45) is 0 Å². The fourth-order valence-electron chi connectivity index (χ4n) is 2.66. The highest BCUT2D eigenvalue weighted by atomic mass is 32.1. The van der Waals surface area contributed by atoms with Crippen molar-refractivity contribution in [3.8, 4) is 16.9 Å². The number of esters is 1. The van der Waals surface area contributed by atoms with E-state index in [1.807, 2.05) is 48.4 Å². The molecule has 1 heterocycles. The largest absolute Gasteiger partial charge is 0.497 e. The maximum absolute atomic E-state index is 12.6. The molecule has 0 aliphatic rings. The van der Waals surface area contributed by atoms with Gasteiger partial charge in [-0.25, -0.2) is 14.4 Å². The van der Waals surface area contributed by atoms with Gasteiger partial charge in [-0.3, -0.25) is 9.69 Å². The van der Waals surface area contributed by atoms with Gasteiger partial charge < -0.3 is 25.0 Å². The van der Waals surface area contributed by atoms with E-state index in [0.717, 1.165) is 30.0 Å². The maximum Gasteiger partial charge on any atom is 0.414 e. The molecule has 1 aromatic heterocycles. The van der Waals surface area contributed by atoms with Crippen molar-refractivity contribution in [2.45, 2.75) is 20.8 Å². The molecule has 1 aromatic carbocycles. The average Bonchev–Trinajstić information content (AvgIpc) is 3.21. The van der Waals surface area contributed by atoms with Crippen molar-refractivity contribution >= 4 is 40.2 Å². The molecular formula is C22H28N2O8S. The molecule has 3 N–H and O–H groups in total. The second-order valence-electron chi connectivity index (χ2n) is 6.42.